The first-order valence-electron chi connectivity index (χ1n) is 9.09. The standard InChI is InChI=1S/C22H20ClNO5S/c1-3-29-20-12-8-18(9-13-20)24(22(25)16-4-10-19(28-2)11-5-16)30(26,27)21-14-6-17(23)7-15-21/h4-15H,3H2,1-2H3. The second-order valence-electron chi connectivity index (χ2n) is 6.18. The highest BCUT2D eigenvalue weighted by Gasteiger charge is 2.32. The van der Waals surface area contributed by atoms with Gasteiger partial charge >= 0.3 is 0 Å². The van der Waals surface area contributed by atoms with E-state index in [1.807, 2.05) is 6.92 Å². The van der Waals surface area contributed by atoms with E-state index in [2.05, 4.69) is 0 Å². The van der Waals surface area contributed by atoms with E-state index < -0.39 is 15.9 Å². The quantitative estimate of drug-likeness (QED) is 0.523. The van der Waals surface area contributed by atoms with E-state index in [-0.39, 0.29) is 16.1 Å². The van der Waals surface area contributed by atoms with Crippen LogP contribution in [-0.4, -0.2) is 28.0 Å². The van der Waals surface area contributed by atoms with Crippen molar-refractivity contribution in [3.8, 4) is 11.5 Å². The Morgan fingerprint density at radius 1 is 0.900 bits per heavy atom. The number of rotatable bonds is 7. The van der Waals surface area contributed by atoms with Gasteiger partial charge in [0.25, 0.3) is 15.9 Å². The Hall–Kier alpha value is -3.03. The monoisotopic (exact) mass is 445 g/mol. The van der Waals surface area contributed by atoms with Crippen molar-refractivity contribution in [1.29, 1.82) is 0 Å². The molecular weight excluding hydrogens is 426 g/mol. The Morgan fingerprint density at radius 2 is 1.47 bits per heavy atom. The maximum absolute atomic E-state index is 13.4. The van der Waals surface area contributed by atoms with Crippen LogP contribution >= 0.6 is 11.6 Å². The van der Waals surface area contributed by atoms with Crippen LogP contribution in [0.1, 0.15) is 17.3 Å². The number of carbonyl (C=O) groups excluding carboxylic acids is 1. The second-order valence-corrected chi connectivity index (χ2v) is 8.41. The topological polar surface area (TPSA) is 72.9 Å². The molecule has 0 fully saturated rings. The van der Waals surface area contributed by atoms with Crippen molar-refractivity contribution in [2.75, 3.05) is 18.0 Å². The van der Waals surface area contributed by atoms with Gasteiger partial charge in [0.15, 0.2) is 0 Å². The number of carbonyl (C=O) groups is 1. The summed E-state index contributed by atoms with van der Waals surface area (Å²) in [5.74, 6) is 0.429. The van der Waals surface area contributed by atoms with Crippen LogP contribution in [-0.2, 0) is 10.0 Å². The molecule has 0 N–H and O–H groups in total. The van der Waals surface area contributed by atoms with Crippen LogP contribution in [0.5, 0.6) is 11.5 Å². The number of ether oxygens (including phenoxy) is 2. The summed E-state index contributed by atoms with van der Waals surface area (Å²) in [7, 11) is -2.70. The Labute approximate surface area is 180 Å². The Kier molecular flexibility index (Phi) is 6.64. The van der Waals surface area contributed by atoms with E-state index >= 15 is 0 Å². The van der Waals surface area contributed by atoms with Crippen LogP contribution in [0.15, 0.2) is 77.7 Å². The summed E-state index contributed by atoms with van der Waals surface area (Å²) < 4.78 is 38.1. The van der Waals surface area contributed by atoms with Crippen LogP contribution in [0.4, 0.5) is 5.69 Å². The van der Waals surface area contributed by atoms with Gasteiger partial charge in [-0.2, -0.15) is 4.31 Å². The lowest BCUT2D eigenvalue weighted by Crippen LogP contribution is -2.37. The molecule has 0 saturated carbocycles. The molecule has 0 unspecified atom stereocenters. The number of sulfonamides is 1. The highest BCUT2D eigenvalue weighted by Crippen LogP contribution is 2.29. The molecule has 0 saturated heterocycles. The third-order valence-electron chi connectivity index (χ3n) is 4.26. The van der Waals surface area contributed by atoms with Gasteiger partial charge in [0.1, 0.15) is 11.5 Å². The SMILES string of the molecule is CCOc1ccc(N(C(=O)c2ccc(OC)cc2)S(=O)(=O)c2ccc(Cl)cc2)cc1. The minimum Gasteiger partial charge on any atom is -0.497 e. The summed E-state index contributed by atoms with van der Waals surface area (Å²) >= 11 is 5.89. The molecular formula is C22H20ClNO5S. The van der Waals surface area contributed by atoms with Crippen molar-refractivity contribution in [3.63, 3.8) is 0 Å². The maximum atomic E-state index is 13.4. The first-order valence-corrected chi connectivity index (χ1v) is 10.9. The largest absolute Gasteiger partial charge is 0.497 e. The lowest BCUT2D eigenvalue weighted by Gasteiger charge is -2.23. The fraction of sp³-hybridized carbons (Fsp3) is 0.136. The number of nitrogens with zero attached hydrogens (tertiary/aromatic N) is 1. The fourth-order valence-corrected chi connectivity index (χ4v) is 4.31. The van der Waals surface area contributed by atoms with E-state index in [1.165, 1.54) is 55.6 Å². The first-order chi connectivity index (χ1) is 14.4. The van der Waals surface area contributed by atoms with Crippen LogP contribution in [0, 0.1) is 0 Å². The van der Waals surface area contributed by atoms with Gasteiger partial charge in [-0.05, 0) is 79.7 Å². The molecule has 0 aliphatic heterocycles. The highest BCUT2D eigenvalue weighted by molar-refractivity contribution is 7.93. The first kappa shape index (κ1) is 21.7. The van der Waals surface area contributed by atoms with Crippen LogP contribution in [0.2, 0.25) is 5.02 Å². The number of anilines is 1. The number of amides is 1. The summed E-state index contributed by atoms with van der Waals surface area (Å²) in [5, 5.41) is 0.392. The molecule has 6 nitrogen and oxygen atoms in total. The van der Waals surface area contributed by atoms with E-state index in [1.54, 1.807) is 24.3 Å². The summed E-state index contributed by atoms with van der Waals surface area (Å²) in [4.78, 5) is 13.2. The van der Waals surface area contributed by atoms with Crippen LogP contribution in [0.3, 0.4) is 0 Å². The van der Waals surface area contributed by atoms with Gasteiger partial charge < -0.3 is 9.47 Å². The minimum absolute atomic E-state index is 0.0531. The van der Waals surface area contributed by atoms with Gasteiger partial charge in [-0.3, -0.25) is 4.79 Å². The van der Waals surface area contributed by atoms with Crippen LogP contribution in [0.25, 0.3) is 0 Å². The molecule has 0 spiro atoms. The molecule has 3 aromatic rings. The minimum atomic E-state index is -4.21. The molecule has 3 rings (SSSR count). The zero-order valence-electron chi connectivity index (χ0n) is 16.4. The smallest absolute Gasteiger partial charge is 0.272 e. The van der Waals surface area contributed by atoms with Gasteiger partial charge in [0, 0.05) is 10.6 Å². The van der Waals surface area contributed by atoms with Gasteiger partial charge in [-0.15, -0.1) is 0 Å². The van der Waals surface area contributed by atoms with Gasteiger partial charge in [0.2, 0.25) is 0 Å². The van der Waals surface area contributed by atoms with Crippen molar-refractivity contribution >= 4 is 33.2 Å². The Bertz CT molecular complexity index is 1110. The van der Waals surface area contributed by atoms with Crippen LogP contribution < -0.4 is 13.8 Å². The number of hydrogen-bond acceptors (Lipinski definition) is 5. The number of methoxy groups -OCH3 is 1. The summed E-state index contributed by atoms with van der Waals surface area (Å²) in [5.41, 5.74) is 0.386. The van der Waals surface area contributed by atoms with Crippen molar-refractivity contribution in [2.45, 2.75) is 11.8 Å². The van der Waals surface area contributed by atoms with Crippen molar-refractivity contribution in [3.05, 3.63) is 83.4 Å². The van der Waals surface area contributed by atoms with E-state index in [9.17, 15) is 13.2 Å². The van der Waals surface area contributed by atoms with Crippen molar-refractivity contribution in [2.24, 2.45) is 0 Å². The molecule has 0 bridgehead atoms. The average Bonchev–Trinajstić information content (AvgIpc) is 2.75. The number of hydrogen-bond donors (Lipinski definition) is 0. The lowest BCUT2D eigenvalue weighted by atomic mass is 10.2. The van der Waals surface area contributed by atoms with Gasteiger partial charge in [-0.25, -0.2) is 8.42 Å². The zero-order chi connectivity index (χ0) is 21.7. The fourth-order valence-electron chi connectivity index (χ4n) is 2.77. The van der Waals surface area contributed by atoms with Crippen molar-refractivity contribution < 1.29 is 22.7 Å². The zero-order valence-corrected chi connectivity index (χ0v) is 18.0. The molecule has 30 heavy (non-hydrogen) atoms. The molecule has 0 atom stereocenters. The predicted octanol–water partition coefficient (Wildman–Crippen LogP) is 4.78. The third-order valence-corrected chi connectivity index (χ3v) is 6.23. The van der Waals surface area contributed by atoms with E-state index in [0.717, 1.165) is 4.31 Å². The number of benzene rings is 3. The number of halogens is 1. The molecule has 0 aliphatic carbocycles. The molecule has 0 radical (unpaired) electrons. The molecule has 0 heterocycles. The highest BCUT2D eigenvalue weighted by atomic mass is 35.5. The Morgan fingerprint density at radius 3 is 2.00 bits per heavy atom. The molecule has 0 aliphatic rings. The maximum Gasteiger partial charge on any atom is 0.272 e. The predicted molar refractivity (Wildman–Crippen MR) is 116 cm³/mol. The van der Waals surface area contributed by atoms with Gasteiger partial charge in [0.05, 0.1) is 24.3 Å². The summed E-state index contributed by atoms with van der Waals surface area (Å²) in [6.45, 7) is 2.31. The third kappa shape index (κ3) is 4.58. The van der Waals surface area contributed by atoms with Crippen molar-refractivity contribution in [1.82, 2.24) is 0 Å². The van der Waals surface area contributed by atoms with E-state index in [0.29, 0.717) is 23.1 Å². The molecule has 8 heteroatoms. The lowest BCUT2D eigenvalue weighted by molar-refractivity contribution is 0.101. The summed E-state index contributed by atoms with van der Waals surface area (Å²) in [6, 6.07) is 18.2. The molecule has 1 amide bonds. The molecule has 3 aromatic carbocycles. The van der Waals surface area contributed by atoms with E-state index in [4.69, 9.17) is 21.1 Å². The Balaban J connectivity index is 2.09. The molecule has 156 valence electrons. The van der Waals surface area contributed by atoms with Gasteiger partial charge in [-0.1, -0.05) is 11.6 Å². The molecule has 0 aromatic heterocycles. The normalized spacial score (nSPS) is 11.0. The second kappa shape index (κ2) is 9.19. The summed E-state index contributed by atoms with van der Waals surface area (Å²) in [6.07, 6.45) is 0. The average molecular weight is 446 g/mol.